The molecule has 2 aromatic rings. The summed E-state index contributed by atoms with van der Waals surface area (Å²) in [6.07, 6.45) is 0. The van der Waals surface area contributed by atoms with Crippen molar-refractivity contribution >= 4 is 13.6 Å². The molecule has 1 atom stereocenters. The number of fused-ring (bicyclic) bond motifs is 3. The number of aromatic carboxylic acids is 1. The summed E-state index contributed by atoms with van der Waals surface area (Å²) >= 11 is 0. The van der Waals surface area contributed by atoms with Crippen LogP contribution < -0.4 is 0 Å². The van der Waals surface area contributed by atoms with Crippen molar-refractivity contribution in [3.05, 3.63) is 59.2 Å². The fourth-order valence-electron chi connectivity index (χ4n) is 3.03. The van der Waals surface area contributed by atoms with Crippen LogP contribution in [0.3, 0.4) is 0 Å². The van der Waals surface area contributed by atoms with Gasteiger partial charge in [0.2, 0.25) is 0 Å². The second-order valence-corrected chi connectivity index (χ2v) is 7.29. The monoisotopic (exact) mass is 318 g/mol. The summed E-state index contributed by atoms with van der Waals surface area (Å²) in [6, 6.07) is 12.4. The van der Waals surface area contributed by atoms with Crippen molar-refractivity contribution in [3.63, 3.8) is 0 Å². The minimum atomic E-state index is -3.52. The first kappa shape index (κ1) is 15.0. The topological polar surface area (TPSA) is 72.8 Å². The van der Waals surface area contributed by atoms with Gasteiger partial charge in [-0.05, 0) is 28.3 Å². The average molecular weight is 318 g/mol. The Bertz CT molecular complexity index is 791. The Morgan fingerprint density at radius 3 is 2.32 bits per heavy atom. The number of carbonyl (C=O) groups is 1. The van der Waals surface area contributed by atoms with E-state index in [9.17, 15) is 14.5 Å². The highest BCUT2D eigenvalue weighted by molar-refractivity contribution is 7.54. The lowest BCUT2D eigenvalue weighted by Crippen LogP contribution is -2.08. The van der Waals surface area contributed by atoms with Gasteiger partial charge in [0.05, 0.1) is 5.56 Å². The molecule has 114 valence electrons. The molecule has 5 nitrogen and oxygen atoms in total. The second kappa shape index (κ2) is 5.36. The van der Waals surface area contributed by atoms with Gasteiger partial charge < -0.3 is 14.2 Å². The molecular weight excluding hydrogens is 303 g/mol. The van der Waals surface area contributed by atoms with Crippen LogP contribution in [0.2, 0.25) is 0 Å². The molecule has 0 saturated heterocycles. The molecule has 0 radical (unpaired) electrons. The van der Waals surface area contributed by atoms with E-state index < -0.39 is 19.2 Å². The third-order valence-electron chi connectivity index (χ3n) is 3.98. The molecule has 1 aliphatic rings. The van der Waals surface area contributed by atoms with Crippen LogP contribution in [0.4, 0.5) is 0 Å². The lowest BCUT2D eigenvalue weighted by molar-refractivity contribution is 0.0696. The molecule has 0 aromatic heterocycles. The van der Waals surface area contributed by atoms with E-state index in [2.05, 4.69) is 0 Å². The van der Waals surface area contributed by atoms with Crippen LogP contribution in [0.5, 0.6) is 0 Å². The van der Waals surface area contributed by atoms with Crippen molar-refractivity contribution in [2.75, 3.05) is 14.2 Å². The van der Waals surface area contributed by atoms with Crippen molar-refractivity contribution in [3.8, 4) is 11.1 Å². The number of benzene rings is 2. The van der Waals surface area contributed by atoms with Crippen molar-refractivity contribution in [2.45, 2.75) is 5.66 Å². The van der Waals surface area contributed by atoms with Crippen LogP contribution in [0.15, 0.2) is 42.5 Å². The molecular formula is C16H15O5P. The van der Waals surface area contributed by atoms with Gasteiger partial charge in [-0.25, -0.2) is 4.79 Å². The zero-order valence-corrected chi connectivity index (χ0v) is 13.0. The molecule has 1 N–H and O–H groups in total. The van der Waals surface area contributed by atoms with Crippen molar-refractivity contribution in [2.24, 2.45) is 0 Å². The van der Waals surface area contributed by atoms with Gasteiger partial charge in [-0.1, -0.05) is 36.4 Å². The van der Waals surface area contributed by atoms with E-state index >= 15 is 0 Å². The molecule has 6 heteroatoms. The third-order valence-corrected chi connectivity index (χ3v) is 6.17. The number of hydrogen-bond acceptors (Lipinski definition) is 4. The number of hydrogen-bond donors (Lipinski definition) is 1. The zero-order chi connectivity index (χ0) is 15.9. The van der Waals surface area contributed by atoms with Gasteiger partial charge in [-0.3, -0.25) is 4.57 Å². The van der Waals surface area contributed by atoms with Gasteiger partial charge in [0.1, 0.15) is 5.66 Å². The quantitative estimate of drug-likeness (QED) is 0.864. The normalized spacial score (nSPS) is 16.2. The molecule has 0 saturated carbocycles. The molecule has 0 bridgehead atoms. The van der Waals surface area contributed by atoms with Gasteiger partial charge in [0.25, 0.3) is 0 Å². The van der Waals surface area contributed by atoms with Crippen molar-refractivity contribution < 1.29 is 23.5 Å². The Morgan fingerprint density at radius 2 is 1.68 bits per heavy atom. The Kier molecular flexibility index (Phi) is 3.65. The van der Waals surface area contributed by atoms with Gasteiger partial charge in [-0.2, -0.15) is 0 Å². The lowest BCUT2D eigenvalue weighted by atomic mass is 10.0. The van der Waals surface area contributed by atoms with Gasteiger partial charge in [0.15, 0.2) is 0 Å². The summed E-state index contributed by atoms with van der Waals surface area (Å²) in [7, 11) is -0.896. The minimum Gasteiger partial charge on any atom is -0.478 e. The standard InChI is InChI=1S/C16H15O5P/c1-20-22(19,21-2)15-12-7-4-3-6-10(12)11-8-5-9-13(14(11)15)16(17)18/h3-9,15H,1-2H3,(H,17,18)/t15-/m0/s1. The molecule has 0 fully saturated rings. The first-order valence-corrected chi connectivity index (χ1v) is 8.31. The maximum absolute atomic E-state index is 13.0. The molecule has 3 rings (SSSR count). The van der Waals surface area contributed by atoms with Crippen LogP contribution in [0.1, 0.15) is 27.1 Å². The highest BCUT2D eigenvalue weighted by atomic mass is 31.2. The Morgan fingerprint density at radius 1 is 1.05 bits per heavy atom. The Balaban J connectivity index is 2.38. The highest BCUT2D eigenvalue weighted by Gasteiger charge is 2.45. The zero-order valence-electron chi connectivity index (χ0n) is 12.1. The maximum atomic E-state index is 13.0. The van der Waals surface area contributed by atoms with Gasteiger partial charge in [0, 0.05) is 14.2 Å². The molecule has 0 spiro atoms. The summed E-state index contributed by atoms with van der Waals surface area (Å²) in [4.78, 5) is 11.6. The molecule has 2 aromatic carbocycles. The average Bonchev–Trinajstić information content (AvgIpc) is 2.89. The fraction of sp³-hybridized carbons (Fsp3) is 0.188. The third kappa shape index (κ3) is 2.02. The Labute approximate surface area is 128 Å². The number of rotatable bonds is 4. The maximum Gasteiger partial charge on any atom is 0.341 e. The fourth-order valence-corrected chi connectivity index (χ4v) is 4.76. The van der Waals surface area contributed by atoms with E-state index in [1.54, 1.807) is 6.07 Å². The number of carboxylic acids is 1. The molecule has 0 amide bonds. The van der Waals surface area contributed by atoms with E-state index in [1.807, 2.05) is 30.3 Å². The summed E-state index contributed by atoms with van der Waals surface area (Å²) in [5.74, 6) is -1.06. The second-order valence-electron chi connectivity index (χ2n) is 4.97. The molecule has 1 aliphatic carbocycles. The molecule has 0 heterocycles. The largest absolute Gasteiger partial charge is 0.478 e. The summed E-state index contributed by atoms with van der Waals surface area (Å²) in [6.45, 7) is 0. The Hall–Kier alpha value is -1.94. The van der Waals surface area contributed by atoms with Crippen LogP contribution in [-0.2, 0) is 13.6 Å². The molecule has 0 unspecified atom stereocenters. The van der Waals surface area contributed by atoms with E-state index in [4.69, 9.17) is 9.05 Å². The summed E-state index contributed by atoms with van der Waals surface area (Å²) in [5.41, 5.74) is 2.25. The van der Waals surface area contributed by atoms with Crippen molar-refractivity contribution in [1.82, 2.24) is 0 Å². The smallest absolute Gasteiger partial charge is 0.341 e. The van der Waals surface area contributed by atoms with Crippen molar-refractivity contribution in [1.29, 1.82) is 0 Å². The first-order chi connectivity index (χ1) is 10.5. The van der Waals surface area contributed by atoms with Gasteiger partial charge >= 0.3 is 13.6 Å². The number of carboxylic acid groups (broad SMARTS) is 1. The minimum absolute atomic E-state index is 0.119. The van der Waals surface area contributed by atoms with E-state index in [1.165, 1.54) is 20.3 Å². The summed E-state index contributed by atoms with van der Waals surface area (Å²) in [5, 5.41) is 9.49. The highest BCUT2D eigenvalue weighted by Crippen LogP contribution is 2.68. The predicted octanol–water partition coefficient (Wildman–Crippen LogP) is 3.94. The molecule has 0 aliphatic heterocycles. The van der Waals surface area contributed by atoms with Gasteiger partial charge in [-0.15, -0.1) is 0 Å². The van der Waals surface area contributed by atoms with Crippen LogP contribution >= 0.6 is 7.60 Å². The van der Waals surface area contributed by atoms with Crippen LogP contribution in [0.25, 0.3) is 11.1 Å². The van der Waals surface area contributed by atoms with Crippen LogP contribution in [0, 0.1) is 0 Å². The SMILES string of the molecule is COP(=O)(OC)[C@H]1c2ccccc2-c2cccc(C(=O)O)c21. The summed E-state index contributed by atoms with van der Waals surface area (Å²) < 4.78 is 23.3. The van der Waals surface area contributed by atoms with E-state index in [0.29, 0.717) is 5.56 Å². The van der Waals surface area contributed by atoms with E-state index in [0.717, 1.165) is 16.7 Å². The van der Waals surface area contributed by atoms with Crippen LogP contribution in [-0.4, -0.2) is 25.3 Å². The first-order valence-electron chi connectivity index (χ1n) is 6.70. The lowest BCUT2D eigenvalue weighted by Gasteiger charge is -2.23. The van der Waals surface area contributed by atoms with E-state index in [-0.39, 0.29) is 5.56 Å². The molecule has 22 heavy (non-hydrogen) atoms. The predicted molar refractivity (Wildman–Crippen MR) is 82.3 cm³/mol.